The third kappa shape index (κ3) is 3.53. The fraction of sp³-hybridized carbons (Fsp3) is 0.769. The average molecular weight is 265 g/mol. The molecule has 1 N–H and O–H groups in total. The maximum absolute atomic E-state index is 12.4. The van der Waals surface area contributed by atoms with Crippen LogP contribution in [0, 0.1) is 0 Å². The number of aromatic nitrogens is 3. The Morgan fingerprint density at radius 2 is 2.05 bits per heavy atom. The Bertz CT molecular complexity index is 409. The van der Waals surface area contributed by atoms with Crippen LogP contribution in [0.5, 0.6) is 0 Å². The molecule has 1 unspecified atom stereocenters. The molecular weight excluding hydrogens is 242 g/mol. The predicted molar refractivity (Wildman–Crippen MR) is 72.5 cm³/mol. The second-order valence-electron chi connectivity index (χ2n) is 5.14. The normalized spacial score (nSPS) is 18.1. The van der Waals surface area contributed by atoms with Crippen molar-refractivity contribution in [3.63, 3.8) is 0 Å². The molecule has 0 bridgehead atoms. The van der Waals surface area contributed by atoms with Crippen molar-refractivity contribution in [3.05, 3.63) is 11.9 Å². The summed E-state index contributed by atoms with van der Waals surface area (Å²) in [5.41, 5.74) is 0.859. The van der Waals surface area contributed by atoms with Gasteiger partial charge in [0.05, 0.1) is 11.9 Å². The molecule has 0 aliphatic carbocycles. The molecule has 1 aromatic rings. The fourth-order valence-electron chi connectivity index (χ4n) is 2.43. The van der Waals surface area contributed by atoms with E-state index in [0.29, 0.717) is 6.54 Å². The van der Waals surface area contributed by atoms with Crippen LogP contribution in [0.3, 0.4) is 0 Å². The van der Waals surface area contributed by atoms with E-state index in [2.05, 4.69) is 15.6 Å². The highest BCUT2D eigenvalue weighted by Gasteiger charge is 2.23. The van der Waals surface area contributed by atoms with Crippen LogP contribution in [0.1, 0.15) is 44.3 Å². The Hall–Kier alpha value is -1.43. The average Bonchev–Trinajstić information content (AvgIpc) is 2.72. The van der Waals surface area contributed by atoms with E-state index in [1.165, 1.54) is 12.8 Å². The number of likely N-dealkylation sites (tertiary alicyclic amines) is 1. The van der Waals surface area contributed by atoms with Crippen molar-refractivity contribution < 1.29 is 4.79 Å². The summed E-state index contributed by atoms with van der Waals surface area (Å²) in [5, 5.41) is 11.1. The van der Waals surface area contributed by atoms with Crippen molar-refractivity contribution in [2.75, 3.05) is 20.1 Å². The summed E-state index contributed by atoms with van der Waals surface area (Å²) < 4.78 is 1.67. The molecule has 6 heteroatoms. The Labute approximate surface area is 114 Å². The van der Waals surface area contributed by atoms with Crippen LogP contribution in [0.2, 0.25) is 0 Å². The van der Waals surface area contributed by atoms with Crippen LogP contribution in [0.15, 0.2) is 6.20 Å². The zero-order valence-electron chi connectivity index (χ0n) is 11.8. The summed E-state index contributed by atoms with van der Waals surface area (Å²) in [4.78, 5) is 14.4. The first-order chi connectivity index (χ1) is 9.22. The minimum atomic E-state index is -0.267. The number of hydrogen-bond donors (Lipinski definition) is 1. The Morgan fingerprint density at radius 3 is 2.68 bits per heavy atom. The minimum Gasteiger partial charge on any atom is -0.341 e. The second kappa shape index (κ2) is 6.65. The van der Waals surface area contributed by atoms with Crippen LogP contribution in [-0.4, -0.2) is 45.9 Å². The van der Waals surface area contributed by atoms with Gasteiger partial charge in [0.25, 0.3) is 0 Å². The molecule has 1 aliphatic rings. The molecular formula is C13H23N5O. The van der Waals surface area contributed by atoms with Crippen molar-refractivity contribution in [3.8, 4) is 0 Å². The Balaban J connectivity index is 2.00. The molecule has 1 atom stereocenters. The van der Waals surface area contributed by atoms with E-state index in [1.807, 2.05) is 25.1 Å². The molecule has 1 amide bonds. The lowest BCUT2D eigenvalue weighted by Crippen LogP contribution is -2.37. The van der Waals surface area contributed by atoms with Gasteiger partial charge in [-0.2, -0.15) is 0 Å². The van der Waals surface area contributed by atoms with Gasteiger partial charge in [0.2, 0.25) is 5.91 Å². The molecule has 19 heavy (non-hydrogen) atoms. The molecule has 106 valence electrons. The zero-order chi connectivity index (χ0) is 13.7. The Kier molecular flexibility index (Phi) is 4.90. The van der Waals surface area contributed by atoms with E-state index in [9.17, 15) is 4.79 Å². The molecule has 2 rings (SSSR count). The van der Waals surface area contributed by atoms with Gasteiger partial charge in [-0.3, -0.25) is 4.79 Å². The van der Waals surface area contributed by atoms with Gasteiger partial charge in [-0.25, -0.2) is 4.68 Å². The van der Waals surface area contributed by atoms with Crippen LogP contribution in [0.25, 0.3) is 0 Å². The maximum atomic E-state index is 12.4. The van der Waals surface area contributed by atoms with E-state index < -0.39 is 0 Å². The molecule has 0 aromatic carbocycles. The third-order valence-corrected chi connectivity index (χ3v) is 3.59. The molecule has 1 fully saturated rings. The number of carbonyl (C=O) groups is 1. The first-order valence-electron chi connectivity index (χ1n) is 7.06. The lowest BCUT2D eigenvalue weighted by atomic mass is 10.2. The lowest BCUT2D eigenvalue weighted by Gasteiger charge is -2.23. The van der Waals surface area contributed by atoms with Crippen LogP contribution >= 0.6 is 0 Å². The molecule has 1 aliphatic heterocycles. The summed E-state index contributed by atoms with van der Waals surface area (Å²) in [6, 6.07) is -0.267. The first kappa shape index (κ1) is 14.0. The van der Waals surface area contributed by atoms with Gasteiger partial charge in [0, 0.05) is 19.6 Å². The molecule has 6 nitrogen and oxygen atoms in total. The van der Waals surface area contributed by atoms with Gasteiger partial charge in [-0.05, 0) is 26.8 Å². The standard InChI is InChI=1S/C13H23N5O/c1-11(18-10-12(9-14-2)15-16-18)13(19)17-7-5-3-4-6-8-17/h10-11,14H,3-9H2,1-2H3. The van der Waals surface area contributed by atoms with Crippen LogP contribution in [-0.2, 0) is 11.3 Å². The molecule has 1 saturated heterocycles. The van der Waals surface area contributed by atoms with Crippen molar-refractivity contribution >= 4 is 5.91 Å². The second-order valence-corrected chi connectivity index (χ2v) is 5.14. The van der Waals surface area contributed by atoms with Gasteiger partial charge >= 0.3 is 0 Å². The van der Waals surface area contributed by atoms with Crippen molar-refractivity contribution in [2.45, 2.75) is 45.2 Å². The summed E-state index contributed by atoms with van der Waals surface area (Å²) in [6.07, 6.45) is 6.53. The topological polar surface area (TPSA) is 63.1 Å². The first-order valence-corrected chi connectivity index (χ1v) is 7.06. The number of rotatable bonds is 4. The third-order valence-electron chi connectivity index (χ3n) is 3.59. The summed E-state index contributed by atoms with van der Waals surface area (Å²) in [6.45, 7) is 4.32. The number of nitrogens with zero attached hydrogens (tertiary/aromatic N) is 4. The maximum Gasteiger partial charge on any atom is 0.247 e. The predicted octanol–water partition coefficient (Wildman–Crippen LogP) is 0.961. The van der Waals surface area contributed by atoms with Gasteiger partial charge in [-0.15, -0.1) is 5.10 Å². The molecule has 0 saturated carbocycles. The highest BCUT2D eigenvalue weighted by Crippen LogP contribution is 2.15. The summed E-state index contributed by atoms with van der Waals surface area (Å²) >= 11 is 0. The minimum absolute atomic E-state index is 0.155. The van der Waals surface area contributed by atoms with Gasteiger partial charge < -0.3 is 10.2 Å². The van der Waals surface area contributed by atoms with E-state index in [0.717, 1.165) is 31.6 Å². The van der Waals surface area contributed by atoms with Crippen molar-refractivity contribution in [1.29, 1.82) is 0 Å². The Morgan fingerprint density at radius 1 is 1.37 bits per heavy atom. The largest absolute Gasteiger partial charge is 0.341 e. The summed E-state index contributed by atoms with van der Waals surface area (Å²) in [5.74, 6) is 0.155. The molecule has 0 spiro atoms. The molecule has 2 heterocycles. The number of carbonyl (C=O) groups excluding carboxylic acids is 1. The van der Waals surface area contributed by atoms with E-state index in [1.54, 1.807) is 4.68 Å². The van der Waals surface area contributed by atoms with E-state index in [-0.39, 0.29) is 11.9 Å². The van der Waals surface area contributed by atoms with E-state index >= 15 is 0 Å². The highest BCUT2D eigenvalue weighted by molar-refractivity contribution is 5.80. The zero-order valence-corrected chi connectivity index (χ0v) is 11.8. The van der Waals surface area contributed by atoms with Gasteiger partial charge in [0.1, 0.15) is 6.04 Å². The quantitative estimate of drug-likeness (QED) is 0.881. The smallest absolute Gasteiger partial charge is 0.247 e. The lowest BCUT2D eigenvalue weighted by molar-refractivity contribution is -0.134. The molecule has 0 radical (unpaired) electrons. The number of amides is 1. The molecule has 1 aromatic heterocycles. The highest BCUT2D eigenvalue weighted by atomic mass is 16.2. The van der Waals surface area contributed by atoms with Crippen LogP contribution in [0.4, 0.5) is 0 Å². The SMILES string of the molecule is CNCc1cn(C(C)C(=O)N2CCCCCC2)nn1. The number of hydrogen-bond acceptors (Lipinski definition) is 4. The fourth-order valence-corrected chi connectivity index (χ4v) is 2.43. The monoisotopic (exact) mass is 265 g/mol. The van der Waals surface area contributed by atoms with Crippen molar-refractivity contribution in [1.82, 2.24) is 25.2 Å². The number of nitrogens with one attached hydrogen (secondary N) is 1. The van der Waals surface area contributed by atoms with Crippen LogP contribution < -0.4 is 5.32 Å². The van der Waals surface area contributed by atoms with E-state index in [4.69, 9.17) is 0 Å². The summed E-state index contributed by atoms with van der Waals surface area (Å²) in [7, 11) is 1.87. The van der Waals surface area contributed by atoms with Gasteiger partial charge in [0.15, 0.2) is 0 Å². The van der Waals surface area contributed by atoms with Gasteiger partial charge in [-0.1, -0.05) is 18.1 Å². The van der Waals surface area contributed by atoms with Crippen molar-refractivity contribution in [2.24, 2.45) is 0 Å².